The first kappa shape index (κ1) is 26.9. The molecular weight excluding hydrogens is 503 g/mol. The zero-order valence-corrected chi connectivity index (χ0v) is 20.8. The Bertz CT molecular complexity index is 1090. The largest absolute Gasteiger partial charge is 0.494 e. The molecule has 188 valence electrons. The molecule has 1 saturated heterocycles. The summed E-state index contributed by atoms with van der Waals surface area (Å²) in [5, 5.41) is 1.72. The van der Waals surface area contributed by atoms with E-state index in [1.54, 1.807) is 24.3 Å². The van der Waals surface area contributed by atoms with E-state index in [0.717, 1.165) is 30.3 Å². The number of hydrogen-bond acceptors (Lipinski definition) is 5. The average molecular weight is 528 g/mol. The molecule has 0 saturated carbocycles. The van der Waals surface area contributed by atoms with Gasteiger partial charge in [0.1, 0.15) is 11.0 Å². The summed E-state index contributed by atoms with van der Waals surface area (Å²) in [4.78, 5) is 31.6. The average Bonchev–Trinajstić information content (AvgIpc) is 2.80. The van der Waals surface area contributed by atoms with Crippen LogP contribution >= 0.6 is 23.4 Å². The number of ether oxygens (including phenoxy) is 1. The van der Waals surface area contributed by atoms with E-state index >= 15 is 0 Å². The van der Waals surface area contributed by atoms with Gasteiger partial charge in [0, 0.05) is 18.7 Å². The molecule has 0 aliphatic carbocycles. The van der Waals surface area contributed by atoms with Crippen LogP contribution in [0, 0.1) is 0 Å². The highest BCUT2D eigenvalue weighted by molar-refractivity contribution is 8.15. The molecule has 0 radical (unpaired) electrons. The van der Waals surface area contributed by atoms with Crippen LogP contribution < -0.4 is 10.1 Å². The number of aliphatic imine (C=N–C) groups is 1. The Kier molecular flexibility index (Phi) is 9.07. The van der Waals surface area contributed by atoms with Crippen LogP contribution in [-0.2, 0) is 15.8 Å². The van der Waals surface area contributed by atoms with Crippen molar-refractivity contribution < 1.29 is 27.5 Å². The molecule has 1 fully saturated rings. The minimum atomic E-state index is -4.65. The molecule has 3 rings (SSSR count). The number of carbonyl (C=O) groups excluding carboxylic acids is 2. The van der Waals surface area contributed by atoms with Crippen molar-refractivity contribution in [3.8, 4) is 5.75 Å². The van der Waals surface area contributed by atoms with E-state index in [2.05, 4.69) is 10.3 Å². The Labute approximate surface area is 210 Å². The van der Waals surface area contributed by atoms with Crippen LogP contribution in [0.4, 0.5) is 24.5 Å². The maximum Gasteiger partial charge on any atom is 0.417 e. The van der Waals surface area contributed by atoms with Crippen molar-refractivity contribution in [2.75, 3.05) is 18.5 Å². The SMILES string of the molecule is CCCCN1C(=O)C[C@H](C(=O)Nc2ccc(OCC)cc2)SC1=Nc1ccc(Cl)c(C(F)(F)F)c1. The first-order chi connectivity index (χ1) is 16.6. The number of alkyl halides is 3. The van der Waals surface area contributed by atoms with E-state index < -0.39 is 27.9 Å². The number of nitrogens with zero attached hydrogens (tertiary/aromatic N) is 2. The first-order valence-corrected chi connectivity index (χ1v) is 12.3. The predicted octanol–water partition coefficient (Wildman–Crippen LogP) is 6.52. The van der Waals surface area contributed by atoms with Gasteiger partial charge in [-0.3, -0.25) is 14.5 Å². The molecule has 1 aliphatic rings. The monoisotopic (exact) mass is 527 g/mol. The highest BCUT2D eigenvalue weighted by Crippen LogP contribution is 2.38. The van der Waals surface area contributed by atoms with Gasteiger partial charge in [-0.2, -0.15) is 13.2 Å². The minimum Gasteiger partial charge on any atom is -0.494 e. The molecule has 0 spiro atoms. The van der Waals surface area contributed by atoms with Crippen molar-refractivity contribution in [3.05, 3.63) is 53.1 Å². The normalized spacial score (nSPS) is 17.5. The summed E-state index contributed by atoms with van der Waals surface area (Å²) in [6, 6.07) is 10.1. The molecule has 1 aliphatic heterocycles. The van der Waals surface area contributed by atoms with E-state index in [-0.39, 0.29) is 23.2 Å². The fourth-order valence-corrected chi connectivity index (χ4v) is 4.66. The Hall–Kier alpha value is -2.72. The molecular formula is C24H25ClF3N3O3S. The van der Waals surface area contributed by atoms with Gasteiger partial charge in [-0.25, -0.2) is 4.99 Å². The van der Waals surface area contributed by atoms with Crippen LogP contribution in [0.15, 0.2) is 47.5 Å². The van der Waals surface area contributed by atoms with Gasteiger partial charge >= 0.3 is 6.18 Å². The summed E-state index contributed by atoms with van der Waals surface area (Å²) in [6.45, 7) is 4.69. The summed E-state index contributed by atoms with van der Waals surface area (Å²) in [6.07, 6.45) is -3.21. The molecule has 6 nitrogen and oxygen atoms in total. The molecule has 0 bridgehead atoms. The first-order valence-electron chi connectivity index (χ1n) is 11.1. The van der Waals surface area contributed by atoms with E-state index in [1.807, 2.05) is 13.8 Å². The predicted molar refractivity (Wildman–Crippen MR) is 132 cm³/mol. The topological polar surface area (TPSA) is 71.0 Å². The quantitative estimate of drug-likeness (QED) is 0.424. The van der Waals surface area contributed by atoms with Gasteiger partial charge in [0.05, 0.1) is 22.9 Å². The Balaban J connectivity index is 1.85. The van der Waals surface area contributed by atoms with Gasteiger partial charge in [-0.05, 0) is 55.8 Å². The van der Waals surface area contributed by atoms with Crippen LogP contribution in [0.5, 0.6) is 5.75 Å². The van der Waals surface area contributed by atoms with Gasteiger partial charge in [0.25, 0.3) is 0 Å². The summed E-state index contributed by atoms with van der Waals surface area (Å²) < 4.78 is 45.3. The fourth-order valence-electron chi connectivity index (χ4n) is 3.31. The second kappa shape index (κ2) is 11.8. The van der Waals surface area contributed by atoms with Crippen LogP contribution in [0.3, 0.4) is 0 Å². The number of hydrogen-bond donors (Lipinski definition) is 1. The molecule has 1 heterocycles. The molecule has 2 aromatic rings. The van der Waals surface area contributed by atoms with Crippen molar-refractivity contribution in [2.24, 2.45) is 4.99 Å². The van der Waals surface area contributed by atoms with Gasteiger partial charge in [-0.15, -0.1) is 0 Å². The van der Waals surface area contributed by atoms with E-state index in [4.69, 9.17) is 16.3 Å². The third kappa shape index (κ3) is 7.14. The third-order valence-corrected chi connectivity index (χ3v) is 6.60. The third-order valence-electron chi connectivity index (χ3n) is 5.08. The summed E-state index contributed by atoms with van der Waals surface area (Å²) >= 11 is 6.76. The van der Waals surface area contributed by atoms with Crippen LogP contribution in [0.25, 0.3) is 0 Å². The van der Waals surface area contributed by atoms with E-state index in [0.29, 0.717) is 31.0 Å². The number of thioether (sulfide) groups is 1. The molecule has 2 amide bonds. The fraction of sp³-hybridized carbons (Fsp3) is 0.375. The maximum atomic E-state index is 13.3. The second-order valence-corrected chi connectivity index (χ2v) is 9.29. The molecule has 11 heteroatoms. The van der Waals surface area contributed by atoms with Crippen molar-refractivity contribution in [1.29, 1.82) is 0 Å². The van der Waals surface area contributed by atoms with E-state index in [9.17, 15) is 22.8 Å². The van der Waals surface area contributed by atoms with Crippen molar-refractivity contribution in [1.82, 2.24) is 4.90 Å². The van der Waals surface area contributed by atoms with Gasteiger partial charge < -0.3 is 10.1 Å². The lowest BCUT2D eigenvalue weighted by Crippen LogP contribution is -2.45. The molecule has 1 N–H and O–H groups in total. The summed E-state index contributed by atoms with van der Waals surface area (Å²) in [5.41, 5.74) is -0.491. The lowest BCUT2D eigenvalue weighted by atomic mass is 10.2. The van der Waals surface area contributed by atoms with Gasteiger partial charge in [0.2, 0.25) is 11.8 Å². The van der Waals surface area contributed by atoms with E-state index in [1.165, 1.54) is 11.0 Å². The van der Waals surface area contributed by atoms with Crippen LogP contribution in [0.2, 0.25) is 5.02 Å². The molecule has 0 unspecified atom stereocenters. The zero-order valence-electron chi connectivity index (χ0n) is 19.2. The number of halogens is 4. The van der Waals surface area contributed by atoms with Crippen molar-refractivity contribution in [2.45, 2.75) is 44.5 Å². The Morgan fingerprint density at radius 1 is 1.23 bits per heavy atom. The lowest BCUT2D eigenvalue weighted by Gasteiger charge is -2.31. The molecule has 1 atom stereocenters. The number of amidine groups is 1. The van der Waals surface area contributed by atoms with Crippen LogP contribution in [0.1, 0.15) is 38.7 Å². The Morgan fingerprint density at radius 3 is 2.57 bits per heavy atom. The number of carbonyl (C=O) groups is 2. The van der Waals surface area contributed by atoms with Gasteiger partial charge in [-0.1, -0.05) is 36.7 Å². The Morgan fingerprint density at radius 2 is 1.94 bits per heavy atom. The number of benzene rings is 2. The zero-order chi connectivity index (χ0) is 25.6. The maximum absolute atomic E-state index is 13.3. The smallest absolute Gasteiger partial charge is 0.417 e. The molecule has 35 heavy (non-hydrogen) atoms. The molecule has 0 aromatic heterocycles. The highest BCUT2D eigenvalue weighted by Gasteiger charge is 2.36. The summed E-state index contributed by atoms with van der Waals surface area (Å²) in [7, 11) is 0. The van der Waals surface area contributed by atoms with Crippen molar-refractivity contribution >= 4 is 51.7 Å². The lowest BCUT2D eigenvalue weighted by molar-refractivity contribution is -0.137. The number of anilines is 1. The van der Waals surface area contributed by atoms with Gasteiger partial charge in [0.15, 0.2) is 5.17 Å². The van der Waals surface area contributed by atoms with Crippen LogP contribution in [-0.4, -0.2) is 40.3 Å². The second-order valence-electron chi connectivity index (χ2n) is 7.71. The molecule has 2 aromatic carbocycles. The highest BCUT2D eigenvalue weighted by atomic mass is 35.5. The number of unbranched alkanes of at least 4 members (excludes halogenated alkanes) is 1. The number of nitrogens with one attached hydrogen (secondary N) is 1. The number of amides is 2. The summed E-state index contributed by atoms with van der Waals surface area (Å²) in [5.74, 6) is -0.0508. The standard InChI is InChI=1S/C24H25ClF3N3O3S/c1-3-5-12-31-21(32)14-20(22(33)29-15-6-9-17(10-7-15)34-4-2)35-23(31)30-16-8-11-19(25)18(13-16)24(26,27)28/h6-11,13,20H,3-5,12,14H2,1-2H3,(H,29,33)/t20-/m1/s1. The minimum absolute atomic E-state index is 0.00825. The van der Waals surface area contributed by atoms with Crippen molar-refractivity contribution in [3.63, 3.8) is 0 Å². The number of rotatable bonds is 8.